The normalized spacial score (nSPS) is 12.5. The van der Waals surface area contributed by atoms with E-state index in [1.807, 2.05) is 5.48 Å². The SMILES string of the molecule is CCCCC[C@H](NO)C(=O)OCC. The molecule has 1 atom stereocenters. The van der Waals surface area contributed by atoms with Crippen LogP contribution < -0.4 is 5.48 Å². The number of nitrogens with one attached hydrogen (secondary N) is 1. The fourth-order valence-corrected chi connectivity index (χ4v) is 1.08. The quantitative estimate of drug-likeness (QED) is 0.362. The van der Waals surface area contributed by atoms with Crippen LogP contribution in [0.1, 0.15) is 39.5 Å². The number of esters is 1. The molecule has 78 valence electrons. The van der Waals surface area contributed by atoms with E-state index >= 15 is 0 Å². The second-order valence-corrected chi connectivity index (χ2v) is 2.93. The Kier molecular flexibility index (Phi) is 7.63. The molecule has 0 unspecified atom stereocenters. The third-order valence-electron chi connectivity index (χ3n) is 1.82. The molecule has 0 amide bonds. The van der Waals surface area contributed by atoms with Crippen molar-refractivity contribution in [2.24, 2.45) is 0 Å². The van der Waals surface area contributed by atoms with Crippen molar-refractivity contribution in [1.29, 1.82) is 0 Å². The number of hydrogen-bond acceptors (Lipinski definition) is 4. The highest BCUT2D eigenvalue weighted by molar-refractivity contribution is 5.75. The van der Waals surface area contributed by atoms with Crippen molar-refractivity contribution in [2.75, 3.05) is 6.61 Å². The lowest BCUT2D eigenvalue weighted by Crippen LogP contribution is -2.35. The highest BCUT2D eigenvalue weighted by atomic mass is 16.5. The van der Waals surface area contributed by atoms with Crippen LogP contribution in [-0.4, -0.2) is 23.8 Å². The van der Waals surface area contributed by atoms with E-state index in [4.69, 9.17) is 9.94 Å². The molecule has 0 saturated heterocycles. The maximum atomic E-state index is 11.1. The van der Waals surface area contributed by atoms with Crippen LogP contribution in [0.25, 0.3) is 0 Å². The molecule has 0 aromatic carbocycles. The summed E-state index contributed by atoms with van der Waals surface area (Å²) in [6, 6.07) is -0.563. The molecule has 0 heterocycles. The fourth-order valence-electron chi connectivity index (χ4n) is 1.08. The van der Waals surface area contributed by atoms with Crippen LogP contribution in [0.5, 0.6) is 0 Å². The summed E-state index contributed by atoms with van der Waals surface area (Å²) >= 11 is 0. The zero-order valence-electron chi connectivity index (χ0n) is 8.38. The number of ether oxygens (including phenoxy) is 1. The molecule has 13 heavy (non-hydrogen) atoms. The van der Waals surface area contributed by atoms with Crippen molar-refractivity contribution in [1.82, 2.24) is 5.48 Å². The van der Waals surface area contributed by atoms with Gasteiger partial charge in [0.15, 0.2) is 0 Å². The lowest BCUT2D eigenvalue weighted by molar-refractivity contribution is -0.148. The minimum absolute atomic E-state index is 0.352. The molecule has 2 N–H and O–H groups in total. The first-order valence-electron chi connectivity index (χ1n) is 4.82. The molecular weight excluding hydrogens is 170 g/mol. The Morgan fingerprint density at radius 3 is 2.62 bits per heavy atom. The summed E-state index contributed by atoms with van der Waals surface area (Å²) in [7, 11) is 0. The zero-order chi connectivity index (χ0) is 10.1. The van der Waals surface area contributed by atoms with Gasteiger partial charge in [0.1, 0.15) is 6.04 Å². The van der Waals surface area contributed by atoms with Gasteiger partial charge in [-0.2, -0.15) is 5.48 Å². The Bertz CT molecular complexity index is 139. The van der Waals surface area contributed by atoms with Gasteiger partial charge in [0.25, 0.3) is 0 Å². The first kappa shape index (κ1) is 12.4. The molecule has 0 fully saturated rings. The molecule has 0 spiro atoms. The first-order chi connectivity index (χ1) is 6.26. The Balaban J connectivity index is 3.67. The third-order valence-corrected chi connectivity index (χ3v) is 1.82. The Hall–Kier alpha value is -0.610. The van der Waals surface area contributed by atoms with E-state index in [1.165, 1.54) is 0 Å². The predicted octanol–water partition coefficient (Wildman–Crippen LogP) is 1.48. The Labute approximate surface area is 79.2 Å². The molecular formula is C9H19NO3. The molecule has 0 aliphatic carbocycles. The molecule has 0 aromatic rings. The van der Waals surface area contributed by atoms with E-state index in [-0.39, 0.29) is 5.97 Å². The standard InChI is InChI=1S/C9H19NO3/c1-3-5-6-7-8(10-12)9(11)13-4-2/h8,10,12H,3-7H2,1-2H3/t8-/m0/s1. The topological polar surface area (TPSA) is 58.6 Å². The Morgan fingerprint density at radius 1 is 1.46 bits per heavy atom. The number of hydrogen-bond donors (Lipinski definition) is 2. The lowest BCUT2D eigenvalue weighted by Gasteiger charge is -2.12. The van der Waals surface area contributed by atoms with E-state index in [0.717, 1.165) is 19.3 Å². The van der Waals surface area contributed by atoms with Crippen LogP contribution in [-0.2, 0) is 9.53 Å². The lowest BCUT2D eigenvalue weighted by atomic mass is 10.1. The molecule has 4 nitrogen and oxygen atoms in total. The van der Waals surface area contributed by atoms with E-state index in [2.05, 4.69) is 6.92 Å². The monoisotopic (exact) mass is 189 g/mol. The maximum Gasteiger partial charge on any atom is 0.325 e. The average Bonchev–Trinajstić information content (AvgIpc) is 2.13. The van der Waals surface area contributed by atoms with Gasteiger partial charge < -0.3 is 9.94 Å². The highest BCUT2D eigenvalue weighted by Crippen LogP contribution is 2.04. The van der Waals surface area contributed by atoms with E-state index < -0.39 is 6.04 Å². The summed E-state index contributed by atoms with van der Waals surface area (Å²) in [5.74, 6) is -0.374. The Morgan fingerprint density at radius 2 is 2.15 bits per heavy atom. The van der Waals surface area contributed by atoms with Gasteiger partial charge in [-0.05, 0) is 13.3 Å². The summed E-state index contributed by atoms with van der Waals surface area (Å²) in [4.78, 5) is 11.1. The molecule has 0 rings (SSSR count). The molecule has 0 radical (unpaired) electrons. The summed E-state index contributed by atoms with van der Waals surface area (Å²) in [6.07, 6.45) is 3.72. The van der Waals surface area contributed by atoms with E-state index in [0.29, 0.717) is 13.0 Å². The fraction of sp³-hybridized carbons (Fsp3) is 0.889. The van der Waals surface area contributed by atoms with Gasteiger partial charge >= 0.3 is 5.97 Å². The number of rotatable bonds is 7. The number of carbonyl (C=O) groups excluding carboxylic acids is 1. The van der Waals surface area contributed by atoms with Gasteiger partial charge in [-0.15, -0.1) is 0 Å². The van der Waals surface area contributed by atoms with Gasteiger partial charge in [0, 0.05) is 0 Å². The molecule has 0 bridgehead atoms. The minimum Gasteiger partial charge on any atom is -0.465 e. The third kappa shape index (κ3) is 5.60. The minimum atomic E-state index is -0.563. The highest BCUT2D eigenvalue weighted by Gasteiger charge is 2.17. The van der Waals surface area contributed by atoms with Gasteiger partial charge in [0.2, 0.25) is 0 Å². The average molecular weight is 189 g/mol. The van der Waals surface area contributed by atoms with Crippen LogP contribution in [0.2, 0.25) is 0 Å². The number of unbranched alkanes of at least 4 members (excludes halogenated alkanes) is 2. The second kappa shape index (κ2) is 8.01. The molecule has 0 aliphatic heterocycles. The van der Waals surface area contributed by atoms with Crippen molar-refractivity contribution in [3.63, 3.8) is 0 Å². The van der Waals surface area contributed by atoms with Crippen molar-refractivity contribution >= 4 is 5.97 Å². The largest absolute Gasteiger partial charge is 0.465 e. The molecule has 0 saturated carbocycles. The smallest absolute Gasteiger partial charge is 0.325 e. The van der Waals surface area contributed by atoms with Crippen molar-refractivity contribution < 1.29 is 14.7 Å². The van der Waals surface area contributed by atoms with Crippen LogP contribution in [0.15, 0.2) is 0 Å². The maximum absolute atomic E-state index is 11.1. The first-order valence-corrected chi connectivity index (χ1v) is 4.82. The molecule has 0 aromatic heterocycles. The summed E-state index contributed by atoms with van der Waals surface area (Å²) in [6.45, 7) is 4.19. The summed E-state index contributed by atoms with van der Waals surface area (Å²) in [5.41, 5.74) is 1.97. The second-order valence-electron chi connectivity index (χ2n) is 2.93. The summed E-state index contributed by atoms with van der Waals surface area (Å²) < 4.78 is 4.76. The van der Waals surface area contributed by atoms with Gasteiger partial charge in [-0.3, -0.25) is 4.79 Å². The number of hydroxylamine groups is 1. The van der Waals surface area contributed by atoms with Gasteiger partial charge in [-0.1, -0.05) is 26.2 Å². The van der Waals surface area contributed by atoms with Crippen LogP contribution in [0.4, 0.5) is 0 Å². The molecule has 4 heteroatoms. The van der Waals surface area contributed by atoms with Crippen LogP contribution >= 0.6 is 0 Å². The van der Waals surface area contributed by atoms with Crippen LogP contribution in [0.3, 0.4) is 0 Å². The van der Waals surface area contributed by atoms with Crippen molar-refractivity contribution in [2.45, 2.75) is 45.6 Å². The van der Waals surface area contributed by atoms with Crippen molar-refractivity contribution in [3.8, 4) is 0 Å². The van der Waals surface area contributed by atoms with Crippen LogP contribution in [0, 0.1) is 0 Å². The zero-order valence-corrected chi connectivity index (χ0v) is 8.38. The number of carbonyl (C=O) groups is 1. The van der Waals surface area contributed by atoms with Crippen molar-refractivity contribution in [3.05, 3.63) is 0 Å². The van der Waals surface area contributed by atoms with Gasteiger partial charge in [0.05, 0.1) is 6.61 Å². The predicted molar refractivity (Wildman–Crippen MR) is 49.5 cm³/mol. The van der Waals surface area contributed by atoms with Gasteiger partial charge in [-0.25, -0.2) is 0 Å². The van der Waals surface area contributed by atoms with E-state index in [1.54, 1.807) is 6.92 Å². The van der Waals surface area contributed by atoms with E-state index in [9.17, 15) is 4.79 Å². The summed E-state index contributed by atoms with van der Waals surface area (Å²) in [5, 5.41) is 8.67. The molecule has 0 aliphatic rings.